The number of likely N-dealkylation sites (tertiary alicyclic amines) is 1. The summed E-state index contributed by atoms with van der Waals surface area (Å²) in [4.78, 5) is 40.6. The van der Waals surface area contributed by atoms with Gasteiger partial charge < -0.3 is 15.5 Å². The molecule has 3 aliphatic rings. The average molecular weight is 411 g/mol. The second-order valence-corrected chi connectivity index (χ2v) is 8.97. The molecule has 2 N–H and O–H groups in total. The molecule has 2 aliphatic heterocycles. The van der Waals surface area contributed by atoms with E-state index >= 15 is 0 Å². The summed E-state index contributed by atoms with van der Waals surface area (Å²) >= 11 is 0. The minimum atomic E-state index is -0.107. The van der Waals surface area contributed by atoms with Gasteiger partial charge in [-0.1, -0.05) is 26.0 Å². The lowest BCUT2D eigenvalue weighted by atomic mass is 9.90. The van der Waals surface area contributed by atoms with Crippen LogP contribution < -0.4 is 15.5 Å². The average Bonchev–Trinajstić information content (AvgIpc) is 3.25. The highest BCUT2D eigenvalue weighted by Gasteiger charge is 2.58. The second-order valence-electron chi connectivity index (χ2n) is 8.97. The van der Waals surface area contributed by atoms with E-state index in [1.54, 1.807) is 11.0 Å². The van der Waals surface area contributed by atoms with Gasteiger partial charge in [-0.3, -0.25) is 14.5 Å². The fraction of sp³-hybridized carbons (Fsp3) is 0.522. The highest BCUT2D eigenvalue weighted by atomic mass is 16.2. The molecule has 160 valence electrons. The molecule has 0 aromatic heterocycles. The van der Waals surface area contributed by atoms with Crippen molar-refractivity contribution in [3.05, 3.63) is 36.4 Å². The van der Waals surface area contributed by atoms with Crippen molar-refractivity contribution < 1.29 is 14.4 Å². The number of rotatable bonds is 5. The zero-order valence-corrected chi connectivity index (χ0v) is 17.7. The zero-order chi connectivity index (χ0) is 21.3. The molecule has 2 saturated heterocycles. The number of amides is 4. The van der Waals surface area contributed by atoms with Crippen molar-refractivity contribution >= 4 is 29.2 Å². The van der Waals surface area contributed by atoms with Gasteiger partial charge in [0, 0.05) is 43.5 Å². The van der Waals surface area contributed by atoms with Crippen LogP contribution in [-0.4, -0.2) is 48.9 Å². The number of carbonyl (C=O) groups is 3. The first kappa shape index (κ1) is 20.4. The van der Waals surface area contributed by atoms with Crippen LogP contribution in [0.1, 0.15) is 33.1 Å². The van der Waals surface area contributed by atoms with E-state index < -0.39 is 0 Å². The van der Waals surface area contributed by atoms with Crippen LogP contribution in [0.4, 0.5) is 16.2 Å². The summed E-state index contributed by atoms with van der Waals surface area (Å²) in [6.07, 6.45) is 6.24. The number of benzene rings is 1. The van der Waals surface area contributed by atoms with Crippen molar-refractivity contribution in [2.45, 2.75) is 33.1 Å². The number of hydrogen-bond donors (Lipinski definition) is 2. The molecule has 0 radical (unpaired) electrons. The number of hydrogen-bond acceptors (Lipinski definition) is 3. The lowest BCUT2D eigenvalue weighted by molar-refractivity contribution is -0.127. The summed E-state index contributed by atoms with van der Waals surface area (Å²) in [5.41, 5.74) is 1.54. The van der Waals surface area contributed by atoms with Crippen LogP contribution in [0.25, 0.3) is 0 Å². The summed E-state index contributed by atoms with van der Waals surface area (Å²) < 4.78 is 0. The maximum atomic E-state index is 12.8. The predicted octanol–water partition coefficient (Wildman–Crippen LogP) is 3.00. The number of anilines is 2. The number of allylic oxidation sites excluding steroid dienone is 1. The molecule has 1 saturated carbocycles. The maximum absolute atomic E-state index is 12.8. The summed E-state index contributed by atoms with van der Waals surface area (Å²) in [6, 6.07) is 7.32. The number of nitrogens with zero attached hydrogens (tertiary/aromatic N) is 2. The number of carbonyl (C=O) groups excluding carboxylic acids is 3. The number of piperidine rings is 1. The first-order valence-corrected chi connectivity index (χ1v) is 10.8. The van der Waals surface area contributed by atoms with Crippen LogP contribution in [0.3, 0.4) is 0 Å². The number of nitrogens with one attached hydrogen (secondary N) is 2. The molecule has 1 atom stereocenters. The standard InChI is InChI=1S/C23H30N4O3/c1-16(2)6-7-20(28)26-11-8-23(9-12-26)15-19(23)21(29)25-17-4-3-5-18(14-17)27-13-10-24-22(27)30/h3-7,14,16,19H,8-13,15H2,1-2H3,(H,24,30)(H,25,29)/b7-6+. The van der Waals surface area contributed by atoms with Crippen molar-refractivity contribution in [3.63, 3.8) is 0 Å². The summed E-state index contributed by atoms with van der Waals surface area (Å²) in [6.45, 7) is 6.79. The first-order chi connectivity index (χ1) is 14.4. The molecule has 3 fully saturated rings. The highest BCUT2D eigenvalue weighted by Crippen LogP contribution is 2.59. The van der Waals surface area contributed by atoms with E-state index in [1.165, 1.54) is 0 Å². The van der Waals surface area contributed by atoms with E-state index in [0.29, 0.717) is 37.8 Å². The van der Waals surface area contributed by atoms with Gasteiger partial charge in [0.05, 0.1) is 0 Å². The quantitative estimate of drug-likeness (QED) is 0.732. The first-order valence-electron chi connectivity index (χ1n) is 10.8. The van der Waals surface area contributed by atoms with Crippen molar-refractivity contribution in [1.29, 1.82) is 0 Å². The molecule has 1 aromatic carbocycles. The minimum absolute atomic E-state index is 0.000278. The Morgan fingerprint density at radius 2 is 2.00 bits per heavy atom. The van der Waals surface area contributed by atoms with Gasteiger partial charge in [-0.15, -0.1) is 0 Å². The largest absolute Gasteiger partial charge is 0.339 e. The molecule has 30 heavy (non-hydrogen) atoms. The van der Waals surface area contributed by atoms with Gasteiger partial charge >= 0.3 is 6.03 Å². The van der Waals surface area contributed by atoms with Gasteiger partial charge in [0.2, 0.25) is 11.8 Å². The summed E-state index contributed by atoms with van der Waals surface area (Å²) in [5.74, 6) is 0.472. The molecular weight excluding hydrogens is 380 g/mol. The van der Waals surface area contributed by atoms with Gasteiger partial charge in [-0.2, -0.15) is 0 Å². The van der Waals surface area contributed by atoms with Gasteiger partial charge in [0.1, 0.15) is 0 Å². The smallest absolute Gasteiger partial charge is 0.321 e. The SMILES string of the molecule is CC(C)/C=C/C(=O)N1CCC2(CC1)CC2C(=O)Nc1cccc(N2CCNC2=O)c1. The Morgan fingerprint density at radius 3 is 2.67 bits per heavy atom. The maximum Gasteiger partial charge on any atom is 0.321 e. The molecule has 0 bridgehead atoms. The van der Waals surface area contributed by atoms with Crippen molar-refractivity contribution in [2.75, 3.05) is 36.4 Å². The van der Waals surface area contributed by atoms with Crippen molar-refractivity contribution in [3.8, 4) is 0 Å². The minimum Gasteiger partial charge on any atom is -0.339 e. The van der Waals surface area contributed by atoms with Crippen LogP contribution in [0, 0.1) is 17.3 Å². The van der Waals surface area contributed by atoms with Crippen LogP contribution >= 0.6 is 0 Å². The van der Waals surface area contributed by atoms with Gasteiger partial charge in [-0.05, 0) is 54.9 Å². The van der Waals surface area contributed by atoms with E-state index in [0.717, 1.165) is 24.9 Å². The third kappa shape index (κ3) is 4.20. The van der Waals surface area contributed by atoms with Crippen LogP contribution in [-0.2, 0) is 9.59 Å². The molecular formula is C23H30N4O3. The van der Waals surface area contributed by atoms with E-state index in [4.69, 9.17) is 0 Å². The van der Waals surface area contributed by atoms with E-state index in [1.807, 2.05) is 35.2 Å². The third-order valence-corrected chi connectivity index (χ3v) is 6.48. The normalized spacial score (nSPS) is 22.6. The Bertz CT molecular complexity index is 871. The molecule has 2 heterocycles. The molecule has 1 unspecified atom stereocenters. The Balaban J connectivity index is 1.31. The zero-order valence-electron chi connectivity index (χ0n) is 17.7. The van der Waals surface area contributed by atoms with Crippen molar-refractivity contribution in [1.82, 2.24) is 10.2 Å². The van der Waals surface area contributed by atoms with E-state index in [-0.39, 0.29) is 29.2 Å². The van der Waals surface area contributed by atoms with E-state index in [2.05, 4.69) is 24.5 Å². The number of urea groups is 1. The Hall–Kier alpha value is -2.83. The fourth-order valence-corrected chi connectivity index (χ4v) is 4.52. The lowest BCUT2D eigenvalue weighted by Crippen LogP contribution is -2.39. The molecule has 7 nitrogen and oxygen atoms in total. The highest BCUT2D eigenvalue weighted by molar-refractivity contribution is 5.97. The van der Waals surface area contributed by atoms with Gasteiger partial charge in [-0.25, -0.2) is 4.79 Å². The molecule has 1 spiro atoms. The van der Waals surface area contributed by atoms with Gasteiger partial charge in [0.25, 0.3) is 0 Å². The van der Waals surface area contributed by atoms with E-state index in [9.17, 15) is 14.4 Å². The topological polar surface area (TPSA) is 81.8 Å². The van der Waals surface area contributed by atoms with Crippen LogP contribution in [0.15, 0.2) is 36.4 Å². The Kier molecular flexibility index (Phi) is 5.54. The van der Waals surface area contributed by atoms with Crippen LogP contribution in [0.5, 0.6) is 0 Å². The second kappa shape index (κ2) is 8.13. The Morgan fingerprint density at radius 1 is 1.23 bits per heavy atom. The fourth-order valence-electron chi connectivity index (χ4n) is 4.52. The molecule has 4 amide bonds. The molecule has 7 heteroatoms. The van der Waals surface area contributed by atoms with Crippen molar-refractivity contribution in [2.24, 2.45) is 17.3 Å². The summed E-state index contributed by atoms with van der Waals surface area (Å²) in [5, 5.41) is 5.82. The lowest BCUT2D eigenvalue weighted by Gasteiger charge is -2.32. The van der Waals surface area contributed by atoms with Crippen LogP contribution in [0.2, 0.25) is 0 Å². The summed E-state index contributed by atoms with van der Waals surface area (Å²) in [7, 11) is 0. The third-order valence-electron chi connectivity index (χ3n) is 6.48. The molecule has 1 aromatic rings. The predicted molar refractivity (Wildman–Crippen MR) is 116 cm³/mol. The molecule has 4 rings (SSSR count). The molecule has 1 aliphatic carbocycles. The van der Waals surface area contributed by atoms with Gasteiger partial charge in [0.15, 0.2) is 0 Å². The monoisotopic (exact) mass is 410 g/mol. The Labute approximate surface area is 177 Å².